The molecule has 49 heavy (non-hydrogen) atoms. The SMILES string of the molecule is C=C(CO)C(=O)OCC(COC(=O)C(=C)COC)c1ccc(CCc2ccc(C3CCC(C4CCC(CCCCC)CC4)CC3)cc2)cc1. The molecule has 0 radical (unpaired) electrons. The highest BCUT2D eigenvalue weighted by Gasteiger charge is 2.31. The molecule has 0 aromatic heterocycles. The number of hydrogen-bond donors (Lipinski definition) is 1. The summed E-state index contributed by atoms with van der Waals surface area (Å²) in [6.07, 6.45) is 18.9. The number of benzene rings is 2. The number of carbonyl (C=O) groups is 2. The van der Waals surface area contributed by atoms with Crippen LogP contribution in [0.25, 0.3) is 0 Å². The highest BCUT2D eigenvalue weighted by Crippen LogP contribution is 2.44. The van der Waals surface area contributed by atoms with Crippen molar-refractivity contribution >= 4 is 11.9 Å². The van der Waals surface area contributed by atoms with Crippen LogP contribution >= 0.6 is 0 Å². The van der Waals surface area contributed by atoms with E-state index in [0.717, 1.165) is 36.2 Å². The Hall–Kier alpha value is -3.22. The first kappa shape index (κ1) is 38.6. The number of aryl methyl sites for hydroxylation is 2. The quantitative estimate of drug-likeness (QED) is 0.0911. The average Bonchev–Trinajstić information content (AvgIpc) is 3.14. The number of carbonyl (C=O) groups excluding carboxylic acids is 2. The molecule has 4 rings (SSSR count). The average molecular weight is 673 g/mol. The van der Waals surface area contributed by atoms with E-state index in [4.69, 9.17) is 14.2 Å². The first-order chi connectivity index (χ1) is 23.8. The molecule has 2 aliphatic carbocycles. The van der Waals surface area contributed by atoms with Crippen molar-refractivity contribution in [2.45, 2.75) is 109 Å². The van der Waals surface area contributed by atoms with Gasteiger partial charge in [0.1, 0.15) is 13.2 Å². The Kier molecular flexibility index (Phi) is 16.1. The maximum atomic E-state index is 12.3. The lowest BCUT2D eigenvalue weighted by atomic mass is 9.68. The lowest BCUT2D eigenvalue weighted by molar-refractivity contribution is -0.143. The van der Waals surface area contributed by atoms with Crippen molar-refractivity contribution in [2.24, 2.45) is 17.8 Å². The number of ether oxygens (including phenoxy) is 3. The van der Waals surface area contributed by atoms with Gasteiger partial charge in [-0.1, -0.05) is 107 Å². The Balaban J connectivity index is 1.23. The third-order valence-electron chi connectivity index (χ3n) is 11.1. The molecule has 0 bridgehead atoms. The minimum Gasteiger partial charge on any atom is -0.461 e. The predicted molar refractivity (Wildman–Crippen MR) is 196 cm³/mol. The van der Waals surface area contributed by atoms with Crippen molar-refractivity contribution in [3.63, 3.8) is 0 Å². The third-order valence-corrected chi connectivity index (χ3v) is 11.1. The first-order valence-corrected chi connectivity index (χ1v) is 18.8. The summed E-state index contributed by atoms with van der Waals surface area (Å²) in [6.45, 7) is 9.11. The van der Waals surface area contributed by atoms with Gasteiger partial charge in [-0.2, -0.15) is 0 Å². The van der Waals surface area contributed by atoms with Crippen LogP contribution in [0.4, 0.5) is 0 Å². The second-order valence-corrected chi connectivity index (χ2v) is 14.6. The number of aliphatic hydroxyl groups excluding tert-OH is 1. The monoisotopic (exact) mass is 672 g/mol. The van der Waals surface area contributed by atoms with Crippen LogP contribution < -0.4 is 0 Å². The molecule has 268 valence electrons. The van der Waals surface area contributed by atoms with Gasteiger partial charge in [0.05, 0.1) is 30.3 Å². The van der Waals surface area contributed by atoms with Crippen LogP contribution in [-0.2, 0) is 36.6 Å². The molecule has 2 aromatic carbocycles. The minimum absolute atomic E-state index is 0.00793. The summed E-state index contributed by atoms with van der Waals surface area (Å²) in [5.41, 5.74) is 5.12. The van der Waals surface area contributed by atoms with Gasteiger partial charge in [-0.05, 0) is 97.3 Å². The fourth-order valence-electron chi connectivity index (χ4n) is 7.85. The lowest BCUT2D eigenvalue weighted by Crippen LogP contribution is -2.25. The number of aliphatic hydroxyl groups is 1. The second kappa shape index (κ2) is 20.5. The molecule has 1 N–H and O–H groups in total. The van der Waals surface area contributed by atoms with Crippen LogP contribution in [0.3, 0.4) is 0 Å². The van der Waals surface area contributed by atoms with Crippen LogP contribution in [0.5, 0.6) is 0 Å². The Morgan fingerprint density at radius 1 is 0.755 bits per heavy atom. The van der Waals surface area contributed by atoms with E-state index in [1.165, 1.54) is 101 Å². The topological polar surface area (TPSA) is 82.1 Å². The molecule has 0 heterocycles. The molecule has 2 aliphatic rings. The summed E-state index contributed by atoms with van der Waals surface area (Å²) in [5.74, 6) is 2.01. The standard InChI is InChI=1S/C43H60O6/c1-5-6-7-8-33-11-17-36(18-12-33)38-23-25-39(26-24-38)37-19-13-34(14-20-37)9-10-35-15-21-40(22-16-35)41(29-48-42(45)31(2)27-44)30-49-43(46)32(3)28-47-4/h13-16,19-22,33,36,38-39,41,44H,2-3,5-12,17-18,23-30H2,1,4H3. The van der Waals surface area contributed by atoms with Crippen molar-refractivity contribution in [3.8, 4) is 0 Å². The summed E-state index contributed by atoms with van der Waals surface area (Å²) in [4.78, 5) is 24.4. The van der Waals surface area contributed by atoms with Crippen LogP contribution in [0.1, 0.15) is 118 Å². The molecule has 1 unspecified atom stereocenters. The molecule has 0 aliphatic heterocycles. The summed E-state index contributed by atoms with van der Waals surface area (Å²) < 4.78 is 15.8. The molecule has 1 atom stereocenters. The Morgan fingerprint density at radius 3 is 1.82 bits per heavy atom. The fourth-order valence-corrected chi connectivity index (χ4v) is 7.85. The zero-order valence-electron chi connectivity index (χ0n) is 30.1. The van der Waals surface area contributed by atoms with E-state index in [2.05, 4.69) is 56.5 Å². The molecule has 0 saturated heterocycles. The van der Waals surface area contributed by atoms with Gasteiger partial charge in [0.2, 0.25) is 0 Å². The van der Waals surface area contributed by atoms with Gasteiger partial charge in [0.15, 0.2) is 0 Å². The molecule has 2 saturated carbocycles. The van der Waals surface area contributed by atoms with E-state index < -0.39 is 18.5 Å². The van der Waals surface area contributed by atoms with Gasteiger partial charge in [0.25, 0.3) is 0 Å². The van der Waals surface area contributed by atoms with Gasteiger partial charge in [-0.3, -0.25) is 0 Å². The second-order valence-electron chi connectivity index (χ2n) is 14.6. The molecule has 0 spiro atoms. The third kappa shape index (κ3) is 12.3. The molecule has 2 fully saturated rings. The summed E-state index contributed by atoms with van der Waals surface area (Å²) in [6, 6.07) is 17.5. The number of methoxy groups -OCH3 is 1. The van der Waals surface area contributed by atoms with E-state index in [9.17, 15) is 14.7 Å². The van der Waals surface area contributed by atoms with E-state index in [0.29, 0.717) is 5.92 Å². The van der Waals surface area contributed by atoms with E-state index in [-0.39, 0.29) is 36.9 Å². The normalized spacial score (nSPS) is 21.4. The first-order valence-electron chi connectivity index (χ1n) is 18.8. The molecule has 6 nitrogen and oxygen atoms in total. The lowest BCUT2D eigenvalue weighted by Gasteiger charge is -2.38. The Labute approximate surface area is 295 Å². The molecule has 6 heteroatoms. The molecule has 2 aromatic rings. The number of unbranched alkanes of at least 4 members (excludes halogenated alkanes) is 2. The Morgan fingerprint density at radius 2 is 1.29 bits per heavy atom. The van der Waals surface area contributed by atoms with Crippen LogP contribution in [-0.4, -0.2) is 50.6 Å². The van der Waals surface area contributed by atoms with E-state index in [1.54, 1.807) is 0 Å². The van der Waals surface area contributed by atoms with Gasteiger partial charge >= 0.3 is 11.9 Å². The van der Waals surface area contributed by atoms with Crippen molar-refractivity contribution in [2.75, 3.05) is 33.5 Å². The predicted octanol–water partition coefficient (Wildman–Crippen LogP) is 9.05. The number of esters is 2. The highest BCUT2D eigenvalue weighted by atomic mass is 16.5. The minimum atomic E-state index is -0.677. The Bertz CT molecular complexity index is 1310. The van der Waals surface area contributed by atoms with Gasteiger partial charge in [0, 0.05) is 7.11 Å². The van der Waals surface area contributed by atoms with Crippen LogP contribution in [0.2, 0.25) is 0 Å². The zero-order valence-corrected chi connectivity index (χ0v) is 30.1. The van der Waals surface area contributed by atoms with E-state index in [1.807, 2.05) is 12.1 Å². The summed E-state index contributed by atoms with van der Waals surface area (Å²) >= 11 is 0. The van der Waals surface area contributed by atoms with Crippen LogP contribution in [0.15, 0.2) is 72.8 Å². The van der Waals surface area contributed by atoms with Crippen molar-refractivity contribution in [1.29, 1.82) is 0 Å². The maximum absolute atomic E-state index is 12.3. The van der Waals surface area contributed by atoms with Crippen molar-refractivity contribution < 1.29 is 28.9 Å². The number of rotatable bonds is 19. The summed E-state index contributed by atoms with van der Waals surface area (Å²) in [5, 5.41) is 9.20. The maximum Gasteiger partial charge on any atom is 0.335 e. The van der Waals surface area contributed by atoms with Gasteiger partial charge in [-0.15, -0.1) is 0 Å². The molecular formula is C43H60O6. The van der Waals surface area contributed by atoms with E-state index >= 15 is 0 Å². The number of hydrogen-bond acceptors (Lipinski definition) is 6. The molecule has 0 amide bonds. The zero-order chi connectivity index (χ0) is 35.0. The van der Waals surface area contributed by atoms with Crippen molar-refractivity contribution in [3.05, 3.63) is 95.1 Å². The van der Waals surface area contributed by atoms with Crippen molar-refractivity contribution in [1.82, 2.24) is 0 Å². The van der Waals surface area contributed by atoms with Gasteiger partial charge in [-0.25, -0.2) is 9.59 Å². The highest BCUT2D eigenvalue weighted by molar-refractivity contribution is 5.88. The van der Waals surface area contributed by atoms with Crippen LogP contribution in [0, 0.1) is 17.8 Å². The summed E-state index contributed by atoms with van der Waals surface area (Å²) in [7, 11) is 1.48. The molecular weight excluding hydrogens is 612 g/mol. The van der Waals surface area contributed by atoms with Gasteiger partial charge < -0.3 is 19.3 Å². The smallest absolute Gasteiger partial charge is 0.335 e. The largest absolute Gasteiger partial charge is 0.461 e. The fraction of sp³-hybridized carbons (Fsp3) is 0.581.